The van der Waals surface area contributed by atoms with Gasteiger partial charge in [-0.05, 0) is 211 Å². The van der Waals surface area contributed by atoms with Crippen molar-refractivity contribution in [3.8, 4) is 44.9 Å². The third-order valence-corrected chi connectivity index (χ3v) is 27.1. The number of nitrogens with one attached hydrogen (secondary N) is 1. The third-order valence-electron chi connectivity index (χ3n) is 22.7. The molecule has 0 spiro atoms. The zero-order valence-electron chi connectivity index (χ0n) is 76.9. The van der Waals surface area contributed by atoms with E-state index in [0.717, 1.165) is 101 Å². The Morgan fingerprint density at radius 2 is 0.628 bits per heavy atom. The van der Waals surface area contributed by atoms with Crippen molar-refractivity contribution in [2.75, 3.05) is 20.0 Å². The summed E-state index contributed by atoms with van der Waals surface area (Å²) in [5, 5.41) is 7.07. The van der Waals surface area contributed by atoms with Crippen molar-refractivity contribution in [2.45, 2.75) is 210 Å². The third kappa shape index (κ3) is 22.3. The van der Waals surface area contributed by atoms with Crippen molar-refractivity contribution >= 4 is 101 Å². The molecule has 0 unspecified atom stereocenters. The van der Waals surface area contributed by atoms with Gasteiger partial charge < -0.3 is 28.9 Å². The summed E-state index contributed by atoms with van der Waals surface area (Å²) in [5.74, 6) is 1.72. The predicted molar refractivity (Wildman–Crippen MR) is 532 cm³/mol. The number of furan rings is 2. The lowest BCUT2D eigenvalue weighted by Crippen LogP contribution is -2.37. The molecular weight excluding hydrogens is 1520 g/mol. The molecule has 0 aliphatic rings. The van der Waals surface area contributed by atoms with Crippen LogP contribution >= 0.6 is 11.6 Å². The molecule has 14 aromatic rings. The second kappa shape index (κ2) is 35.7. The summed E-state index contributed by atoms with van der Waals surface area (Å²) in [6.45, 7) is 59.4. The molecule has 12 aromatic carbocycles. The molecular formula is C112H129ClN4O2Si2. The predicted octanol–water partition coefficient (Wildman–Crippen LogP) is 33.2. The number of benzene rings is 12. The number of hydrogen-bond acceptors (Lipinski definition) is 6. The van der Waals surface area contributed by atoms with Gasteiger partial charge in [-0.25, -0.2) is 0 Å². The van der Waals surface area contributed by atoms with Gasteiger partial charge in [-0.2, -0.15) is 0 Å². The molecule has 624 valence electrons. The molecule has 0 aliphatic heterocycles. The van der Waals surface area contributed by atoms with E-state index in [1.165, 1.54) is 66.0 Å². The highest BCUT2D eigenvalue weighted by Gasteiger charge is 2.29. The number of anilines is 11. The smallest absolute Gasteiger partial charge is 0.136 e. The minimum absolute atomic E-state index is 0.0147. The van der Waals surface area contributed by atoms with E-state index in [1.54, 1.807) is 6.26 Å². The lowest BCUT2D eigenvalue weighted by molar-refractivity contribution is 0.580. The Balaban J connectivity index is 0.000000185. The monoisotopic (exact) mass is 1650 g/mol. The van der Waals surface area contributed by atoms with Gasteiger partial charge in [0.05, 0.1) is 38.9 Å². The molecule has 121 heavy (non-hydrogen) atoms. The highest BCUT2D eigenvalue weighted by Crippen LogP contribution is 2.49. The molecule has 0 saturated heterocycles. The van der Waals surface area contributed by atoms with Gasteiger partial charge in [0.2, 0.25) is 0 Å². The standard InChI is InChI=1S/C56H64N2OSi.C33H36ClN.C23H29NOSi/c1-39-32-47(57(45-27-29-50(30-28-45)60(11,12)13)49-37-53(59-38-49)41-22-24-42(25-23-41)54(2,3)4)36-48(33-39)58(46-21-17-20-43(34-46)55(5,6)7)52-31-26-44(56(8,9)10)35-51(52)40-18-15-14-16-19-40;1-23-18-27(34)22-29(19-23)35(28-15-11-14-25(20-28)32(2,3)4)31-17-16-26(33(5,6)7)21-30(31)24-12-9-8-10-13-24;1-23(2,3)18-9-7-17(8-10-18)22-15-20(16-25-22)24-19-11-13-21(14-12-19)26(4,5)6/h14-38H,1-13H3;8-22H,1-7H3;7-16,24H,1-6H3. The Kier molecular flexibility index (Phi) is 26.3. The van der Waals surface area contributed by atoms with Crippen LogP contribution < -0.4 is 30.4 Å². The molecule has 2 heterocycles. The molecule has 0 radical (unpaired) electrons. The van der Waals surface area contributed by atoms with Gasteiger partial charge in [0, 0.05) is 79.2 Å². The number of rotatable bonds is 17. The van der Waals surface area contributed by atoms with E-state index in [9.17, 15) is 0 Å². The molecule has 14 rings (SSSR count). The average molecular weight is 1650 g/mol. The van der Waals surface area contributed by atoms with Crippen molar-refractivity contribution in [1.29, 1.82) is 0 Å². The van der Waals surface area contributed by atoms with Crippen LogP contribution in [0.15, 0.2) is 313 Å². The summed E-state index contributed by atoms with van der Waals surface area (Å²) in [7, 11) is -2.78. The lowest BCUT2D eigenvalue weighted by Gasteiger charge is -2.32. The van der Waals surface area contributed by atoms with Gasteiger partial charge in [-0.3, -0.25) is 0 Å². The van der Waals surface area contributed by atoms with Crippen LogP contribution in [0.3, 0.4) is 0 Å². The Hall–Kier alpha value is -10.9. The molecule has 0 fully saturated rings. The van der Waals surface area contributed by atoms with E-state index >= 15 is 0 Å². The van der Waals surface area contributed by atoms with Crippen LogP contribution in [0, 0.1) is 13.8 Å². The Morgan fingerprint density at radius 3 is 1.03 bits per heavy atom. The van der Waals surface area contributed by atoms with Crippen molar-refractivity contribution in [2.24, 2.45) is 0 Å². The quantitative estimate of drug-likeness (QED) is 0.0917. The first-order chi connectivity index (χ1) is 56.7. The molecule has 6 nitrogen and oxygen atoms in total. The first-order valence-corrected chi connectivity index (χ1v) is 50.4. The van der Waals surface area contributed by atoms with Crippen LogP contribution in [0.2, 0.25) is 44.3 Å². The number of nitrogens with zero attached hydrogens (tertiary/aromatic N) is 3. The van der Waals surface area contributed by atoms with Crippen LogP contribution in [0.4, 0.5) is 62.6 Å². The number of aryl methyl sites for hydroxylation is 2. The van der Waals surface area contributed by atoms with Crippen molar-refractivity contribution in [3.63, 3.8) is 0 Å². The molecule has 0 bridgehead atoms. The first-order valence-electron chi connectivity index (χ1n) is 43.0. The van der Waals surface area contributed by atoms with Gasteiger partial charge in [0.15, 0.2) is 0 Å². The highest BCUT2D eigenvalue weighted by molar-refractivity contribution is 6.89. The van der Waals surface area contributed by atoms with Gasteiger partial charge in [-0.15, -0.1) is 0 Å². The maximum Gasteiger partial charge on any atom is 0.136 e. The summed E-state index contributed by atoms with van der Waals surface area (Å²) >= 11 is 6.59. The lowest BCUT2D eigenvalue weighted by atomic mass is 9.84. The van der Waals surface area contributed by atoms with Gasteiger partial charge >= 0.3 is 0 Å². The Morgan fingerprint density at radius 1 is 0.264 bits per heavy atom. The van der Waals surface area contributed by atoms with Crippen molar-refractivity contribution in [3.05, 3.63) is 353 Å². The molecule has 0 amide bonds. The molecule has 1 N–H and O–H groups in total. The Bertz CT molecular complexity index is 5820. The highest BCUT2D eigenvalue weighted by atomic mass is 35.5. The minimum atomic E-state index is -1.53. The zero-order valence-corrected chi connectivity index (χ0v) is 79.7. The largest absolute Gasteiger partial charge is 0.462 e. The number of hydrogen-bond donors (Lipinski definition) is 1. The van der Waals surface area contributed by atoms with E-state index < -0.39 is 16.1 Å². The van der Waals surface area contributed by atoms with Crippen molar-refractivity contribution in [1.82, 2.24) is 0 Å². The van der Waals surface area contributed by atoms with E-state index in [1.807, 2.05) is 12.3 Å². The first kappa shape index (κ1) is 89.4. The normalized spacial score (nSPS) is 12.3. The fourth-order valence-corrected chi connectivity index (χ4v) is 17.8. The van der Waals surface area contributed by atoms with E-state index in [4.69, 9.17) is 20.4 Å². The second-order valence-electron chi connectivity index (χ2n) is 41.1. The van der Waals surface area contributed by atoms with E-state index in [-0.39, 0.29) is 32.5 Å². The fourth-order valence-electron chi connectivity index (χ4n) is 15.2. The van der Waals surface area contributed by atoms with Crippen molar-refractivity contribution < 1.29 is 8.83 Å². The average Bonchev–Trinajstić information content (AvgIpc) is 1.02. The summed E-state index contributed by atoms with van der Waals surface area (Å²) in [6.07, 6.45) is 3.68. The second-order valence-corrected chi connectivity index (χ2v) is 51.7. The van der Waals surface area contributed by atoms with Gasteiger partial charge in [0.1, 0.15) is 24.0 Å². The van der Waals surface area contributed by atoms with Crippen LogP contribution in [-0.2, 0) is 32.5 Å². The fraction of sp³-hybridized carbons (Fsp3) is 0.286. The van der Waals surface area contributed by atoms with Gasteiger partial charge in [0.25, 0.3) is 0 Å². The molecule has 0 atom stereocenters. The number of halogens is 1. The molecule has 2 aromatic heterocycles. The minimum Gasteiger partial charge on any atom is -0.462 e. The van der Waals surface area contributed by atoms with E-state index in [2.05, 4.69) is 483 Å². The topological polar surface area (TPSA) is 48.0 Å². The van der Waals surface area contributed by atoms with E-state index in [0.29, 0.717) is 0 Å². The Labute approximate surface area is 732 Å². The van der Waals surface area contributed by atoms with Crippen LogP contribution in [0.1, 0.15) is 169 Å². The molecule has 0 aliphatic carbocycles. The maximum absolute atomic E-state index is 6.59. The van der Waals surface area contributed by atoms with Gasteiger partial charge in [-0.1, -0.05) is 356 Å². The summed E-state index contributed by atoms with van der Waals surface area (Å²) in [6, 6.07) is 106. The maximum atomic E-state index is 6.59. The zero-order chi connectivity index (χ0) is 87.5. The van der Waals surface area contributed by atoms with Crippen LogP contribution in [-0.4, -0.2) is 16.1 Å². The van der Waals surface area contributed by atoms with Crippen LogP contribution in [0.25, 0.3) is 44.9 Å². The molecule has 9 heteroatoms. The van der Waals surface area contributed by atoms with Crippen LogP contribution in [0.5, 0.6) is 0 Å². The SMILES string of the molecule is CC(C)(C)c1ccc(-c2cc(Nc3ccc([Si](C)(C)C)cc3)co2)cc1.Cc1cc(Cl)cc(N(c2cccc(C(C)(C)C)c2)c2ccc(C(C)(C)C)cc2-c2ccccc2)c1.Cc1cc(N(c2ccc([Si](C)(C)C)cc2)c2coc(-c3ccc(C(C)(C)C)cc3)c2)cc(N(c2cccc(C(C)(C)C)c2)c2ccc(C(C)(C)C)cc2-c2ccccc2)c1. The summed E-state index contributed by atoms with van der Waals surface area (Å²) in [4.78, 5) is 7.17. The molecule has 0 saturated carbocycles. The summed E-state index contributed by atoms with van der Waals surface area (Å²) < 4.78 is 12.2. The summed E-state index contributed by atoms with van der Waals surface area (Å²) in [5.41, 5.74) is 29.2.